The minimum Gasteiger partial charge on any atom is -0.462 e. The van der Waals surface area contributed by atoms with Gasteiger partial charge in [0.25, 0.3) is 11.8 Å². The van der Waals surface area contributed by atoms with Crippen LogP contribution in [-0.4, -0.2) is 90.0 Å². The van der Waals surface area contributed by atoms with Crippen LogP contribution in [0.1, 0.15) is 40.0 Å². The largest absolute Gasteiger partial charge is 0.472 e. The lowest BCUT2D eigenvalue weighted by Gasteiger charge is -2.30. The van der Waals surface area contributed by atoms with Crippen molar-refractivity contribution in [3.8, 4) is 0 Å². The van der Waals surface area contributed by atoms with Crippen LogP contribution in [0, 0.1) is 5.41 Å². The fraction of sp³-hybridized carbons (Fsp3) is 0.789. The van der Waals surface area contributed by atoms with Gasteiger partial charge >= 0.3 is 19.8 Å². The number of carbonyl (C=O) groups excluding carboxylic acids is 4. The molecule has 1 rings (SSSR count). The Balaban J connectivity index is 2.50. The number of carbonyl (C=O) groups is 4. The normalized spacial score (nSPS) is 18.6. The minimum absolute atomic E-state index is 0.0103. The van der Waals surface area contributed by atoms with Crippen molar-refractivity contribution in [2.24, 2.45) is 5.41 Å². The molecule has 1 N–H and O–H groups in total. The molecule has 0 radical (unpaired) electrons. The van der Waals surface area contributed by atoms with Gasteiger partial charge in [0.05, 0.1) is 33.2 Å². The summed E-state index contributed by atoms with van der Waals surface area (Å²) in [4.78, 5) is 62.8. The van der Waals surface area contributed by atoms with Crippen molar-refractivity contribution in [1.29, 1.82) is 0 Å². The van der Waals surface area contributed by atoms with Gasteiger partial charge in [-0.1, -0.05) is 15.9 Å². The first kappa shape index (κ1) is 29.7. The smallest absolute Gasteiger partial charge is 0.462 e. The molecule has 1 heterocycles. The number of halogens is 1. The Kier molecular flexibility index (Phi) is 10.2. The fourth-order valence-corrected chi connectivity index (χ4v) is 4.25. The third-order valence-corrected chi connectivity index (χ3v) is 6.14. The molecule has 1 saturated heterocycles. The summed E-state index contributed by atoms with van der Waals surface area (Å²) in [6.07, 6.45) is -0.154. The quantitative estimate of drug-likeness (QED) is 0.0879. The van der Waals surface area contributed by atoms with Crippen molar-refractivity contribution in [2.45, 2.75) is 44.4 Å². The Hall–Kier alpha value is -1.37. The van der Waals surface area contributed by atoms with E-state index in [1.165, 1.54) is 20.8 Å². The van der Waals surface area contributed by atoms with Crippen molar-refractivity contribution in [2.75, 3.05) is 47.5 Å². The van der Waals surface area contributed by atoms with Crippen molar-refractivity contribution in [3.63, 3.8) is 0 Å². The molecule has 0 aliphatic carbocycles. The summed E-state index contributed by atoms with van der Waals surface area (Å²) < 4.78 is 25.8. The van der Waals surface area contributed by atoms with Gasteiger partial charge in [-0.3, -0.25) is 23.4 Å². The summed E-state index contributed by atoms with van der Waals surface area (Å²) in [5.41, 5.74) is -1.27. The molecule has 0 bridgehead atoms. The van der Waals surface area contributed by atoms with E-state index in [-0.39, 0.29) is 39.1 Å². The molecule has 0 aromatic heterocycles. The summed E-state index contributed by atoms with van der Waals surface area (Å²) in [6, 6.07) is 0. The minimum atomic E-state index is -4.28. The predicted octanol–water partition coefficient (Wildman–Crippen LogP) is 1.55. The number of nitrogens with zero attached hydrogens (tertiary/aromatic N) is 2. The van der Waals surface area contributed by atoms with Crippen molar-refractivity contribution < 1.29 is 51.7 Å². The molecule has 1 fully saturated rings. The molecule has 0 aromatic carbocycles. The zero-order valence-electron chi connectivity index (χ0n) is 19.8. The number of hydroxylamine groups is 2. The lowest BCUT2D eigenvalue weighted by Crippen LogP contribution is -2.43. The van der Waals surface area contributed by atoms with Gasteiger partial charge in [-0.05, 0) is 27.2 Å². The van der Waals surface area contributed by atoms with E-state index in [2.05, 4.69) is 15.9 Å². The maximum Gasteiger partial charge on any atom is 0.472 e. The molecule has 2 amide bonds. The number of amides is 2. The van der Waals surface area contributed by atoms with E-state index >= 15 is 0 Å². The monoisotopic (exact) mass is 559 g/mol. The van der Waals surface area contributed by atoms with E-state index in [4.69, 9.17) is 18.6 Å². The van der Waals surface area contributed by atoms with Crippen LogP contribution < -0.4 is 0 Å². The number of ether oxygens (including phenoxy) is 1. The number of hydrogen-bond donors (Lipinski definition) is 1. The molecule has 0 spiro atoms. The summed E-state index contributed by atoms with van der Waals surface area (Å²) in [5.74, 6) is -2.82. The highest BCUT2D eigenvalue weighted by Gasteiger charge is 2.45. The molecule has 12 nitrogen and oxygen atoms in total. The van der Waals surface area contributed by atoms with Gasteiger partial charge in [0.15, 0.2) is 0 Å². The van der Waals surface area contributed by atoms with Gasteiger partial charge in [0.1, 0.15) is 24.1 Å². The molecule has 14 heteroatoms. The van der Waals surface area contributed by atoms with Crippen molar-refractivity contribution in [1.82, 2.24) is 5.06 Å². The van der Waals surface area contributed by atoms with E-state index in [9.17, 15) is 28.6 Å². The first-order valence-corrected chi connectivity index (χ1v) is 12.5. The van der Waals surface area contributed by atoms with Crippen LogP contribution in [0.4, 0.5) is 0 Å². The number of phosphoric ester groups is 1. The Morgan fingerprint density at radius 3 is 2.06 bits per heavy atom. The summed E-state index contributed by atoms with van der Waals surface area (Å²) >= 11 is 3.23. The van der Waals surface area contributed by atoms with Gasteiger partial charge in [-0.2, -0.15) is 0 Å². The number of quaternary nitrogens is 1. The Bertz CT molecular complexity index is 793. The topological polar surface area (TPSA) is 146 Å². The molecule has 33 heavy (non-hydrogen) atoms. The molecule has 190 valence electrons. The van der Waals surface area contributed by atoms with Crippen LogP contribution in [0.15, 0.2) is 0 Å². The van der Waals surface area contributed by atoms with Crippen LogP contribution in [0.3, 0.4) is 0 Å². The maximum absolute atomic E-state index is 12.5. The molecule has 0 saturated carbocycles. The molecule has 1 aliphatic rings. The molecular weight excluding hydrogens is 527 g/mol. The maximum atomic E-state index is 12.5. The van der Waals surface area contributed by atoms with E-state index in [0.29, 0.717) is 16.1 Å². The van der Waals surface area contributed by atoms with Gasteiger partial charge in [-0.25, -0.2) is 9.36 Å². The molecule has 1 aliphatic heterocycles. The second-order valence-electron chi connectivity index (χ2n) is 9.50. The third-order valence-electron chi connectivity index (χ3n) is 4.52. The van der Waals surface area contributed by atoms with E-state index in [0.717, 1.165) is 0 Å². The first-order valence-electron chi connectivity index (χ1n) is 10.2. The number of alkyl halides is 1. The SMILES string of the molecule is CC(C)(CC(C)(Br)C(=O)OCCOP(=O)(O)OCC[N+](C)(C)C)C(=O)ON1C(=O)CCC1=O. The summed E-state index contributed by atoms with van der Waals surface area (Å²) in [6.45, 7) is 4.25. The Morgan fingerprint density at radius 1 is 1.03 bits per heavy atom. The van der Waals surface area contributed by atoms with Crippen LogP contribution >= 0.6 is 23.8 Å². The highest BCUT2D eigenvalue weighted by Crippen LogP contribution is 2.43. The lowest BCUT2D eigenvalue weighted by atomic mass is 9.83. The van der Waals surface area contributed by atoms with Crippen LogP contribution in [-0.2, 0) is 42.4 Å². The summed E-state index contributed by atoms with van der Waals surface area (Å²) in [7, 11) is 1.41. The van der Waals surface area contributed by atoms with Gasteiger partial charge in [0.2, 0.25) is 0 Å². The lowest BCUT2D eigenvalue weighted by molar-refractivity contribution is -0.870. The number of hydrogen-bond acceptors (Lipinski definition) is 9. The predicted molar refractivity (Wildman–Crippen MR) is 118 cm³/mol. The second kappa shape index (κ2) is 11.4. The average Bonchev–Trinajstić information content (AvgIpc) is 2.94. The molecular formula is C19H33BrN2O10P+. The standard InChI is InChI=1S/C19H32BrN2O10P/c1-18(2,16(25)32-21-14(23)7-8-15(21)24)13-19(3,20)17(26)29-11-12-31-33(27,28)30-10-9-22(4,5)6/h7-13H2,1-6H3/p+1. The number of likely N-dealkylation sites (N-methyl/N-ethyl adjacent to an activating group) is 1. The number of phosphoric acid groups is 1. The Labute approximate surface area is 201 Å². The Morgan fingerprint density at radius 2 is 1.55 bits per heavy atom. The highest BCUT2D eigenvalue weighted by molar-refractivity contribution is 9.10. The van der Waals surface area contributed by atoms with Crippen LogP contribution in [0.5, 0.6) is 0 Å². The van der Waals surface area contributed by atoms with Gasteiger partial charge in [-0.15, -0.1) is 5.06 Å². The van der Waals surface area contributed by atoms with Gasteiger partial charge < -0.3 is 19.0 Å². The van der Waals surface area contributed by atoms with E-state index < -0.39 is 41.3 Å². The van der Waals surface area contributed by atoms with E-state index in [1.54, 1.807) is 0 Å². The molecule has 2 atom stereocenters. The van der Waals surface area contributed by atoms with Crippen molar-refractivity contribution >= 4 is 47.5 Å². The average molecular weight is 560 g/mol. The second-order valence-corrected chi connectivity index (χ2v) is 12.7. The van der Waals surface area contributed by atoms with Crippen LogP contribution in [0.2, 0.25) is 0 Å². The summed E-state index contributed by atoms with van der Waals surface area (Å²) in [5, 5.41) is 0.446. The fourth-order valence-electron chi connectivity index (χ4n) is 2.74. The van der Waals surface area contributed by atoms with Crippen LogP contribution in [0.25, 0.3) is 0 Å². The number of rotatable bonds is 13. The third kappa shape index (κ3) is 10.2. The first-order chi connectivity index (χ1) is 14.9. The number of esters is 1. The molecule has 2 unspecified atom stereocenters. The zero-order valence-corrected chi connectivity index (χ0v) is 22.3. The number of imide groups is 1. The van der Waals surface area contributed by atoms with Gasteiger partial charge in [0, 0.05) is 12.8 Å². The highest BCUT2D eigenvalue weighted by atomic mass is 79.9. The molecule has 0 aromatic rings. The zero-order chi connectivity index (χ0) is 25.7. The van der Waals surface area contributed by atoms with E-state index in [1.807, 2.05) is 21.1 Å². The van der Waals surface area contributed by atoms with Crippen molar-refractivity contribution in [3.05, 3.63) is 0 Å².